The number of unbranched alkanes of at least 4 members (excludes halogenated alkanes) is 6. The van der Waals surface area contributed by atoms with Crippen molar-refractivity contribution in [2.75, 3.05) is 0 Å². The van der Waals surface area contributed by atoms with Crippen LogP contribution >= 0.6 is 0 Å². The Kier molecular flexibility index (Phi) is 9.46. The van der Waals surface area contributed by atoms with E-state index in [9.17, 15) is 0 Å². The van der Waals surface area contributed by atoms with Gasteiger partial charge in [0.05, 0.1) is 0 Å². The summed E-state index contributed by atoms with van der Waals surface area (Å²) in [6.45, 7) is 4.31. The first-order valence-corrected chi connectivity index (χ1v) is 12.3. The third kappa shape index (κ3) is 6.28. The second-order valence-corrected chi connectivity index (χ2v) is 8.75. The van der Waals surface area contributed by atoms with Crippen LogP contribution < -0.4 is 0 Å². The fraction of sp³-hybridized carbons (Fsp3) is 0.400. The summed E-state index contributed by atoms with van der Waals surface area (Å²) in [7, 11) is 0. The van der Waals surface area contributed by atoms with Gasteiger partial charge in [0.25, 0.3) is 0 Å². The van der Waals surface area contributed by atoms with Crippen molar-refractivity contribution in [3.63, 3.8) is 0 Å². The van der Waals surface area contributed by atoms with E-state index in [1.165, 1.54) is 32.1 Å². The molecule has 0 fully saturated rings. The molecule has 0 N–H and O–H groups in total. The summed E-state index contributed by atoms with van der Waals surface area (Å²) in [5, 5.41) is 0. The molecule has 0 nitrogen and oxygen atoms in total. The second kappa shape index (κ2) is 12.5. The monoisotopic (exact) mass is 434 g/mol. The predicted molar refractivity (Wildman–Crippen MR) is 133 cm³/mol. The van der Waals surface area contributed by atoms with Crippen LogP contribution in [0.25, 0.3) is 22.3 Å². The van der Waals surface area contributed by atoms with E-state index < -0.39 is 11.6 Å². The van der Waals surface area contributed by atoms with Gasteiger partial charge in [0, 0.05) is 5.56 Å². The van der Waals surface area contributed by atoms with E-state index in [2.05, 4.69) is 13.8 Å². The highest BCUT2D eigenvalue weighted by Crippen LogP contribution is 2.32. The lowest BCUT2D eigenvalue weighted by atomic mass is 9.92. The van der Waals surface area contributed by atoms with Gasteiger partial charge in [0.2, 0.25) is 0 Å². The van der Waals surface area contributed by atoms with Gasteiger partial charge in [-0.15, -0.1) is 0 Å². The topological polar surface area (TPSA) is 0 Å². The molecule has 32 heavy (non-hydrogen) atoms. The van der Waals surface area contributed by atoms with Crippen molar-refractivity contribution in [2.45, 2.75) is 78.1 Å². The third-order valence-electron chi connectivity index (χ3n) is 6.25. The zero-order valence-electron chi connectivity index (χ0n) is 19.6. The third-order valence-corrected chi connectivity index (χ3v) is 6.25. The molecule has 0 heterocycles. The lowest BCUT2D eigenvalue weighted by Crippen LogP contribution is -2.04. The van der Waals surface area contributed by atoms with E-state index >= 15 is 8.78 Å². The van der Waals surface area contributed by atoms with Gasteiger partial charge >= 0.3 is 0 Å². The molecule has 0 bridgehead atoms. The van der Waals surface area contributed by atoms with Crippen LogP contribution in [-0.2, 0) is 12.8 Å². The van der Waals surface area contributed by atoms with Gasteiger partial charge in [-0.2, -0.15) is 0 Å². The van der Waals surface area contributed by atoms with Crippen LogP contribution in [0.5, 0.6) is 0 Å². The van der Waals surface area contributed by atoms with Crippen LogP contribution in [0.15, 0.2) is 60.7 Å². The SMILES string of the molecule is CCCCCCCCCc1c(CCC)cc(-c2ccc(-c3ccccc3)cc2)c(F)c1F. The molecule has 0 amide bonds. The minimum absolute atomic E-state index is 0.369. The highest BCUT2D eigenvalue weighted by molar-refractivity contribution is 5.71. The Balaban J connectivity index is 1.77. The number of hydrogen-bond donors (Lipinski definition) is 0. The summed E-state index contributed by atoms with van der Waals surface area (Å²) in [5.41, 5.74) is 4.82. The van der Waals surface area contributed by atoms with E-state index in [0.717, 1.165) is 47.9 Å². The van der Waals surface area contributed by atoms with E-state index in [-0.39, 0.29) is 0 Å². The summed E-state index contributed by atoms with van der Waals surface area (Å²) in [5.74, 6) is -1.36. The first kappa shape index (κ1) is 24.2. The van der Waals surface area contributed by atoms with E-state index in [0.29, 0.717) is 17.5 Å². The van der Waals surface area contributed by atoms with E-state index in [1.54, 1.807) is 0 Å². The van der Waals surface area contributed by atoms with Gasteiger partial charge in [-0.3, -0.25) is 0 Å². The number of halogens is 2. The summed E-state index contributed by atoms with van der Waals surface area (Å²) >= 11 is 0. The molecule has 3 aromatic rings. The Morgan fingerprint density at radius 1 is 0.562 bits per heavy atom. The van der Waals surface area contributed by atoms with Crippen molar-refractivity contribution in [2.24, 2.45) is 0 Å². The largest absolute Gasteiger partial charge is 0.203 e. The molecule has 0 saturated carbocycles. The maximum Gasteiger partial charge on any atom is 0.166 e. The molecule has 0 aromatic heterocycles. The quantitative estimate of drug-likeness (QED) is 0.249. The summed E-state index contributed by atoms with van der Waals surface area (Å²) in [6, 6.07) is 19.7. The van der Waals surface area contributed by atoms with Crippen molar-refractivity contribution in [1.82, 2.24) is 0 Å². The smallest absolute Gasteiger partial charge is 0.166 e. The minimum atomic E-state index is -0.713. The minimum Gasteiger partial charge on any atom is -0.203 e. The van der Waals surface area contributed by atoms with E-state index in [1.807, 2.05) is 60.7 Å². The first-order valence-electron chi connectivity index (χ1n) is 12.3. The Morgan fingerprint density at radius 2 is 1.16 bits per heavy atom. The van der Waals surface area contributed by atoms with Crippen molar-refractivity contribution in [3.8, 4) is 22.3 Å². The maximum absolute atomic E-state index is 15.2. The van der Waals surface area contributed by atoms with Gasteiger partial charge in [-0.25, -0.2) is 8.78 Å². The Labute approximate surface area is 192 Å². The molecule has 0 aliphatic heterocycles. The molecule has 0 unspecified atom stereocenters. The van der Waals surface area contributed by atoms with Crippen LogP contribution in [0.4, 0.5) is 8.78 Å². The van der Waals surface area contributed by atoms with Gasteiger partial charge in [0.1, 0.15) is 0 Å². The van der Waals surface area contributed by atoms with Crippen LogP contribution in [0.2, 0.25) is 0 Å². The van der Waals surface area contributed by atoms with Crippen molar-refractivity contribution >= 4 is 0 Å². The standard InChI is InChI=1S/C30H36F2/c1-3-5-6-7-8-9-13-17-27-26(14-4-2)22-28(30(32)29(27)31)25-20-18-24(19-21-25)23-15-11-10-12-16-23/h10-12,15-16,18-22H,3-9,13-14,17H2,1-2H3. The molecule has 0 radical (unpaired) electrons. The average molecular weight is 435 g/mol. The maximum atomic E-state index is 15.2. The summed E-state index contributed by atoms with van der Waals surface area (Å²) in [6.07, 6.45) is 10.5. The zero-order valence-corrected chi connectivity index (χ0v) is 19.6. The van der Waals surface area contributed by atoms with Gasteiger partial charge in [-0.05, 0) is 53.1 Å². The highest BCUT2D eigenvalue weighted by Gasteiger charge is 2.19. The number of aryl methyl sites for hydroxylation is 1. The van der Waals surface area contributed by atoms with Gasteiger partial charge in [0.15, 0.2) is 11.6 Å². The zero-order chi connectivity index (χ0) is 22.8. The van der Waals surface area contributed by atoms with Crippen molar-refractivity contribution in [1.29, 1.82) is 0 Å². The second-order valence-electron chi connectivity index (χ2n) is 8.75. The first-order chi connectivity index (χ1) is 15.7. The average Bonchev–Trinajstić information content (AvgIpc) is 2.83. The van der Waals surface area contributed by atoms with Crippen molar-refractivity contribution in [3.05, 3.63) is 83.4 Å². The lowest BCUT2D eigenvalue weighted by Gasteiger charge is -2.15. The lowest BCUT2D eigenvalue weighted by molar-refractivity contribution is 0.494. The summed E-state index contributed by atoms with van der Waals surface area (Å²) < 4.78 is 30.3. The normalized spacial score (nSPS) is 11.1. The Morgan fingerprint density at radius 3 is 1.81 bits per heavy atom. The molecule has 0 saturated heterocycles. The highest BCUT2D eigenvalue weighted by atomic mass is 19.2. The molecule has 2 heteroatoms. The number of rotatable bonds is 12. The van der Waals surface area contributed by atoms with Crippen LogP contribution in [0.3, 0.4) is 0 Å². The fourth-order valence-electron chi connectivity index (χ4n) is 4.42. The summed E-state index contributed by atoms with van der Waals surface area (Å²) in [4.78, 5) is 0. The molecular formula is C30H36F2. The fourth-order valence-corrected chi connectivity index (χ4v) is 4.42. The molecule has 0 atom stereocenters. The molecule has 0 aliphatic carbocycles. The molecule has 3 rings (SSSR count). The van der Waals surface area contributed by atoms with Crippen molar-refractivity contribution < 1.29 is 8.78 Å². The molecular weight excluding hydrogens is 398 g/mol. The predicted octanol–water partition coefficient (Wildman–Crippen LogP) is 9.54. The van der Waals surface area contributed by atoms with Crippen LogP contribution in [0.1, 0.15) is 76.3 Å². The Bertz CT molecular complexity index is 958. The van der Waals surface area contributed by atoms with Gasteiger partial charge in [-0.1, -0.05) is 113 Å². The number of benzene rings is 3. The van der Waals surface area contributed by atoms with Gasteiger partial charge < -0.3 is 0 Å². The van der Waals surface area contributed by atoms with E-state index in [4.69, 9.17) is 0 Å². The Hall–Kier alpha value is -2.48. The molecule has 3 aromatic carbocycles. The van der Waals surface area contributed by atoms with Crippen LogP contribution in [-0.4, -0.2) is 0 Å². The molecule has 0 aliphatic rings. The van der Waals surface area contributed by atoms with Crippen LogP contribution in [0, 0.1) is 11.6 Å². The molecule has 170 valence electrons. The number of hydrogen-bond acceptors (Lipinski definition) is 0. The molecule has 0 spiro atoms.